The van der Waals surface area contributed by atoms with Gasteiger partial charge in [-0.05, 0) is 73.2 Å². The summed E-state index contributed by atoms with van der Waals surface area (Å²) in [5.74, 6) is -0.588. The standard InChI is InChI=1S/C32H39Cl2N3O4S/c1-6-23(5)35-32(39)30(7-2)36(20-24-13-18-28(33)29(34)19-24)31(38)21-37(26-16-14-25(15-17-26)22(3)4)42(40,41)27-11-9-8-10-12-27/h8-19,22-23,30H,6-7,20-21H2,1-5H3,(H,35,39). The maximum Gasteiger partial charge on any atom is 0.264 e. The number of hydrogen-bond acceptors (Lipinski definition) is 4. The number of rotatable bonds is 13. The minimum absolute atomic E-state index is 0.0354. The molecule has 0 aliphatic heterocycles. The van der Waals surface area contributed by atoms with Gasteiger partial charge < -0.3 is 10.2 Å². The van der Waals surface area contributed by atoms with Crippen LogP contribution in [-0.2, 0) is 26.2 Å². The SMILES string of the molecule is CCC(C)NC(=O)C(CC)N(Cc1ccc(Cl)c(Cl)c1)C(=O)CN(c1ccc(C(C)C)cc1)S(=O)(=O)c1ccccc1. The average Bonchev–Trinajstić information content (AvgIpc) is 2.97. The lowest BCUT2D eigenvalue weighted by atomic mass is 10.0. The van der Waals surface area contributed by atoms with Crippen molar-refractivity contribution in [2.24, 2.45) is 0 Å². The summed E-state index contributed by atoms with van der Waals surface area (Å²) in [7, 11) is -4.13. The number of benzene rings is 3. The highest BCUT2D eigenvalue weighted by molar-refractivity contribution is 7.92. The fraction of sp³-hybridized carbons (Fsp3) is 0.375. The van der Waals surface area contributed by atoms with Crippen LogP contribution in [-0.4, -0.2) is 43.8 Å². The van der Waals surface area contributed by atoms with Crippen molar-refractivity contribution in [3.63, 3.8) is 0 Å². The van der Waals surface area contributed by atoms with Crippen LogP contribution in [0.3, 0.4) is 0 Å². The number of hydrogen-bond donors (Lipinski definition) is 1. The molecule has 0 spiro atoms. The molecule has 0 aliphatic rings. The zero-order chi connectivity index (χ0) is 31.0. The zero-order valence-electron chi connectivity index (χ0n) is 24.7. The van der Waals surface area contributed by atoms with Gasteiger partial charge in [-0.25, -0.2) is 8.42 Å². The number of sulfonamides is 1. The predicted molar refractivity (Wildman–Crippen MR) is 170 cm³/mol. The Kier molecular flexibility index (Phi) is 11.9. The van der Waals surface area contributed by atoms with E-state index in [-0.39, 0.29) is 29.3 Å². The zero-order valence-corrected chi connectivity index (χ0v) is 27.0. The maximum atomic E-state index is 14.2. The first-order valence-corrected chi connectivity index (χ1v) is 16.3. The van der Waals surface area contributed by atoms with E-state index < -0.39 is 28.5 Å². The van der Waals surface area contributed by atoms with Crippen LogP contribution in [0.5, 0.6) is 0 Å². The van der Waals surface area contributed by atoms with Crippen LogP contribution in [0.15, 0.2) is 77.7 Å². The maximum absolute atomic E-state index is 14.2. The van der Waals surface area contributed by atoms with Gasteiger partial charge in [0.15, 0.2) is 0 Å². The molecule has 0 bridgehead atoms. The van der Waals surface area contributed by atoms with E-state index in [0.717, 1.165) is 16.3 Å². The first-order chi connectivity index (χ1) is 19.9. The predicted octanol–water partition coefficient (Wildman–Crippen LogP) is 7.03. The second kappa shape index (κ2) is 14.9. The third-order valence-corrected chi connectivity index (χ3v) is 9.71. The van der Waals surface area contributed by atoms with Crippen LogP contribution in [0.1, 0.15) is 64.5 Å². The van der Waals surface area contributed by atoms with Crippen LogP contribution < -0.4 is 9.62 Å². The van der Waals surface area contributed by atoms with Gasteiger partial charge in [-0.15, -0.1) is 0 Å². The summed E-state index contributed by atoms with van der Waals surface area (Å²) in [6.45, 7) is 9.30. The van der Waals surface area contributed by atoms with Crippen LogP contribution in [0.4, 0.5) is 5.69 Å². The molecule has 10 heteroatoms. The van der Waals surface area contributed by atoms with Gasteiger partial charge in [0, 0.05) is 12.6 Å². The van der Waals surface area contributed by atoms with E-state index in [1.807, 2.05) is 46.8 Å². The Morgan fingerprint density at radius 2 is 1.50 bits per heavy atom. The molecule has 0 aromatic heterocycles. The molecule has 0 saturated heterocycles. The highest BCUT2D eigenvalue weighted by Gasteiger charge is 2.34. The van der Waals surface area contributed by atoms with Crippen molar-refractivity contribution in [2.75, 3.05) is 10.8 Å². The second-order valence-corrected chi connectivity index (χ2v) is 13.3. The molecule has 0 saturated carbocycles. The van der Waals surface area contributed by atoms with Crippen LogP contribution in [0, 0.1) is 0 Å². The van der Waals surface area contributed by atoms with Crippen LogP contribution >= 0.6 is 23.2 Å². The van der Waals surface area contributed by atoms with Crippen molar-refractivity contribution in [2.45, 2.75) is 76.9 Å². The number of anilines is 1. The number of amides is 2. The lowest BCUT2D eigenvalue weighted by Crippen LogP contribution is -2.53. The largest absolute Gasteiger partial charge is 0.352 e. The minimum atomic E-state index is -4.13. The van der Waals surface area contributed by atoms with Crippen molar-refractivity contribution in [3.8, 4) is 0 Å². The van der Waals surface area contributed by atoms with Gasteiger partial charge in [-0.2, -0.15) is 0 Å². The van der Waals surface area contributed by atoms with Gasteiger partial charge in [0.25, 0.3) is 10.0 Å². The summed E-state index contributed by atoms with van der Waals surface area (Å²) in [6.07, 6.45) is 1.04. The normalized spacial score (nSPS) is 13.0. The van der Waals surface area contributed by atoms with Crippen LogP contribution in [0.2, 0.25) is 10.0 Å². The molecule has 42 heavy (non-hydrogen) atoms. The smallest absolute Gasteiger partial charge is 0.264 e. The second-order valence-electron chi connectivity index (χ2n) is 10.6. The minimum Gasteiger partial charge on any atom is -0.352 e. The third-order valence-electron chi connectivity index (χ3n) is 7.18. The third kappa shape index (κ3) is 8.27. The first kappa shape index (κ1) is 33.4. The average molecular weight is 633 g/mol. The molecule has 0 aliphatic carbocycles. The Morgan fingerprint density at radius 3 is 2.05 bits per heavy atom. The highest BCUT2D eigenvalue weighted by Crippen LogP contribution is 2.28. The van der Waals surface area contributed by atoms with Gasteiger partial charge in [0.2, 0.25) is 11.8 Å². The summed E-state index contributed by atoms with van der Waals surface area (Å²) in [4.78, 5) is 29.1. The Morgan fingerprint density at radius 1 is 0.857 bits per heavy atom. The van der Waals surface area contributed by atoms with E-state index in [0.29, 0.717) is 27.7 Å². The molecule has 3 aromatic carbocycles. The molecule has 226 valence electrons. The Labute approximate surface area is 259 Å². The van der Waals surface area contributed by atoms with Crippen LogP contribution in [0.25, 0.3) is 0 Å². The Balaban J connectivity index is 2.08. The molecule has 0 fully saturated rings. The van der Waals surface area contributed by atoms with Gasteiger partial charge in [-0.1, -0.05) is 87.3 Å². The van der Waals surface area contributed by atoms with Crippen molar-refractivity contribution >= 4 is 50.7 Å². The molecule has 3 aromatic rings. The van der Waals surface area contributed by atoms with Crippen molar-refractivity contribution in [1.82, 2.24) is 10.2 Å². The fourth-order valence-corrected chi connectivity index (χ4v) is 6.23. The quantitative estimate of drug-likeness (QED) is 0.219. The monoisotopic (exact) mass is 631 g/mol. The molecule has 0 heterocycles. The van der Waals surface area contributed by atoms with E-state index in [9.17, 15) is 18.0 Å². The topological polar surface area (TPSA) is 86.8 Å². The van der Waals surface area contributed by atoms with Gasteiger partial charge in [0.1, 0.15) is 12.6 Å². The Bertz CT molecular complexity index is 1460. The van der Waals surface area contributed by atoms with Gasteiger partial charge >= 0.3 is 0 Å². The molecule has 2 unspecified atom stereocenters. The van der Waals surface area contributed by atoms with E-state index in [1.54, 1.807) is 48.5 Å². The molecule has 7 nitrogen and oxygen atoms in total. The summed E-state index contributed by atoms with van der Waals surface area (Å²) in [5, 5.41) is 3.65. The summed E-state index contributed by atoms with van der Waals surface area (Å²) in [6, 6.07) is 19.2. The molecule has 1 N–H and O–H groups in total. The molecule has 2 atom stereocenters. The number of nitrogens with zero attached hydrogens (tertiary/aromatic N) is 2. The lowest BCUT2D eigenvalue weighted by molar-refractivity contribution is -0.140. The molecule has 2 amide bonds. The van der Waals surface area contributed by atoms with Crippen molar-refractivity contribution < 1.29 is 18.0 Å². The van der Waals surface area contributed by atoms with Gasteiger partial charge in [0.05, 0.1) is 20.6 Å². The lowest BCUT2D eigenvalue weighted by Gasteiger charge is -2.34. The van der Waals surface area contributed by atoms with E-state index >= 15 is 0 Å². The number of carbonyl (C=O) groups excluding carboxylic acids is 2. The molecule has 3 rings (SSSR count). The number of carbonyl (C=O) groups is 2. The van der Waals surface area contributed by atoms with Gasteiger partial charge in [-0.3, -0.25) is 13.9 Å². The van der Waals surface area contributed by atoms with Crippen molar-refractivity contribution in [1.29, 1.82) is 0 Å². The highest BCUT2D eigenvalue weighted by atomic mass is 35.5. The Hall–Kier alpha value is -3.07. The number of nitrogens with one attached hydrogen (secondary N) is 1. The summed E-state index contributed by atoms with van der Waals surface area (Å²) >= 11 is 12.4. The summed E-state index contributed by atoms with van der Waals surface area (Å²) in [5.41, 5.74) is 2.05. The van der Waals surface area contributed by atoms with Crippen molar-refractivity contribution in [3.05, 3.63) is 94.0 Å². The molecule has 0 radical (unpaired) electrons. The first-order valence-electron chi connectivity index (χ1n) is 14.1. The van der Waals surface area contributed by atoms with E-state index in [1.165, 1.54) is 17.0 Å². The van der Waals surface area contributed by atoms with E-state index in [4.69, 9.17) is 23.2 Å². The van der Waals surface area contributed by atoms with E-state index in [2.05, 4.69) is 5.32 Å². The number of halogens is 2. The fourth-order valence-electron chi connectivity index (χ4n) is 4.47. The molecular formula is C32H39Cl2N3O4S. The molecular weight excluding hydrogens is 593 g/mol. The summed E-state index contributed by atoms with van der Waals surface area (Å²) < 4.78 is 29.0.